The summed E-state index contributed by atoms with van der Waals surface area (Å²) in [4.78, 5) is 7.61. The highest BCUT2D eigenvalue weighted by Gasteiger charge is 2.50. The average molecular weight is 655 g/mol. The van der Waals surface area contributed by atoms with Crippen LogP contribution in [0.5, 0.6) is 0 Å². The zero-order chi connectivity index (χ0) is 33.3. The van der Waals surface area contributed by atoms with Gasteiger partial charge in [0, 0.05) is 23.1 Å². The fraction of sp³-hybridized carbons (Fsp3) is 0. The van der Waals surface area contributed by atoms with Gasteiger partial charge in [0.05, 0.1) is 11.4 Å². The maximum atomic E-state index is 5.19. The maximum absolute atomic E-state index is 5.19. The molecule has 0 unspecified atom stereocenters. The van der Waals surface area contributed by atoms with Crippen LogP contribution in [0.15, 0.2) is 206 Å². The fourth-order valence-corrected chi connectivity index (χ4v) is 12.9. The summed E-state index contributed by atoms with van der Waals surface area (Å²) in [6.07, 6.45) is 1.95. The molecule has 1 aliphatic heterocycles. The Morgan fingerprint density at radius 1 is 0.360 bits per heavy atom. The van der Waals surface area contributed by atoms with Crippen LogP contribution in [-0.4, -0.2) is 13.1 Å². The van der Waals surface area contributed by atoms with Crippen LogP contribution < -0.4 is 25.6 Å². The van der Waals surface area contributed by atoms with Crippen LogP contribution in [0.4, 0.5) is 17.1 Å². The van der Waals surface area contributed by atoms with E-state index < -0.39 is 8.07 Å². The minimum absolute atomic E-state index is 1.07. The first-order chi connectivity index (χ1) is 24.8. The third-order valence-electron chi connectivity index (χ3n) is 10.0. The third kappa shape index (κ3) is 4.90. The standard InChI is InChI=1S/C47H34N2Si/c1-5-15-35(16-6-1)37-26-30-39(31-27-37)49(40-32-28-38(29-33-40)36-17-7-2-8-18-36)43-23-13-24-44-46(43)47-45(25-14-34-48-47)50(44,41-19-9-3-10-20-41)42-21-11-4-12-22-42/h1-34H. The number of rotatable bonds is 7. The van der Waals surface area contributed by atoms with Crippen LogP contribution in [0, 0.1) is 0 Å². The molecule has 0 saturated carbocycles. The van der Waals surface area contributed by atoms with E-state index in [1.807, 2.05) is 6.20 Å². The van der Waals surface area contributed by atoms with Gasteiger partial charge < -0.3 is 4.90 Å². The maximum Gasteiger partial charge on any atom is 0.182 e. The SMILES string of the molecule is c1ccc(-c2ccc(N(c3ccc(-c4ccccc4)cc3)c3cccc4c3-c3ncccc3[Si]4(c3ccccc3)c3ccccc3)cc2)cc1. The number of nitrogens with zero attached hydrogens (tertiary/aromatic N) is 2. The molecule has 0 saturated heterocycles. The lowest BCUT2D eigenvalue weighted by molar-refractivity contribution is 1.27. The van der Waals surface area contributed by atoms with Crippen LogP contribution in [-0.2, 0) is 0 Å². The molecule has 0 spiro atoms. The van der Waals surface area contributed by atoms with E-state index in [0.29, 0.717) is 0 Å². The first kappa shape index (κ1) is 29.8. The molecule has 50 heavy (non-hydrogen) atoms. The van der Waals surface area contributed by atoms with E-state index in [2.05, 4.69) is 205 Å². The molecule has 0 aliphatic carbocycles. The Kier molecular flexibility index (Phi) is 7.53. The quantitative estimate of drug-likeness (QED) is 0.159. The van der Waals surface area contributed by atoms with Crippen molar-refractivity contribution in [3.05, 3.63) is 206 Å². The molecule has 2 heterocycles. The van der Waals surface area contributed by atoms with Crippen LogP contribution in [0.3, 0.4) is 0 Å². The Morgan fingerprint density at radius 2 is 0.800 bits per heavy atom. The molecule has 1 aromatic heterocycles. The van der Waals surface area contributed by atoms with Crippen molar-refractivity contribution in [2.75, 3.05) is 4.90 Å². The van der Waals surface area contributed by atoms with E-state index in [-0.39, 0.29) is 0 Å². The second-order valence-electron chi connectivity index (χ2n) is 12.7. The molecule has 0 bridgehead atoms. The smallest absolute Gasteiger partial charge is 0.182 e. The second kappa shape index (κ2) is 12.6. The molecule has 236 valence electrons. The van der Waals surface area contributed by atoms with Crippen LogP contribution in [0.2, 0.25) is 0 Å². The summed E-state index contributed by atoms with van der Waals surface area (Å²) >= 11 is 0. The van der Waals surface area contributed by atoms with Crippen molar-refractivity contribution in [3.63, 3.8) is 0 Å². The van der Waals surface area contributed by atoms with Gasteiger partial charge in [0.2, 0.25) is 0 Å². The predicted molar refractivity (Wildman–Crippen MR) is 212 cm³/mol. The average Bonchev–Trinajstić information content (AvgIpc) is 3.52. The van der Waals surface area contributed by atoms with E-state index in [1.165, 1.54) is 48.6 Å². The van der Waals surface area contributed by atoms with Gasteiger partial charge >= 0.3 is 0 Å². The third-order valence-corrected chi connectivity index (χ3v) is 14.8. The minimum atomic E-state index is -2.70. The minimum Gasteiger partial charge on any atom is -0.310 e. The monoisotopic (exact) mass is 654 g/mol. The molecule has 3 heteroatoms. The number of aromatic nitrogens is 1. The summed E-state index contributed by atoms with van der Waals surface area (Å²) in [5.74, 6) is 0. The van der Waals surface area contributed by atoms with Gasteiger partial charge in [0.1, 0.15) is 0 Å². The van der Waals surface area contributed by atoms with Gasteiger partial charge in [0.15, 0.2) is 8.07 Å². The Labute approximate surface area is 294 Å². The predicted octanol–water partition coefficient (Wildman–Crippen LogP) is 9.24. The summed E-state index contributed by atoms with van der Waals surface area (Å²) in [6.45, 7) is 0. The molecular weight excluding hydrogens is 621 g/mol. The van der Waals surface area contributed by atoms with Gasteiger partial charge in [-0.15, -0.1) is 0 Å². The fourth-order valence-electron chi connectivity index (χ4n) is 7.80. The Bertz CT molecular complexity index is 2270. The first-order valence-corrected chi connectivity index (χ1v) is 19.1. The normalized spacial score (nSPS) is 12.6. The zero-order valence-corrected chi connectivity index (χ0v) is 28.5. The molecular formula is C47H34N2Si. The van der Waals surface area contributed by atoms with E-state index in [1.54, 1.807) is 0 Å². The number of anilines is 3. The van der Waals surface area contributed by atoms with Crippen molar-refractivity contribution >= 4 is 45.9 Å². The van der Waals surface area contributed by atoms with Gasteiger partial charge in [-0.3, -0.25) is 4.98 Å². The molecule has 0 N–H and O–H groups in total. The highest BCUT2D eigenvalue weighted by molar-refractivity contribution is 7.22. The number of pyridine rings is 1. The number of hydrogen-bond donors (Lipinski definition) is 0. The lowest BCUT2D eigenvalue weighted by Gasteiger charge is -2.32. The van der Waals surface area contributed by atoms with Crippen LogP contribution >= 0.6 is 0 Å². The first-order valence-electron chi connectivity index (χ1n) is 17.1. The summed E-state index contributed by atoms with van der Waals surface area (Å²) in [6, 6.07) is 72.7. The zero-order valence-electron chi connectivity index (χ0n) is 27.5. The van der Waals surface area contributed by atoms with Gasteiger partial charge in [0.25, 0.3) is 0 Å². The topological polar surface area (TPSA) is 16.1 Å². The summed E-state index contributed by atoms with van der Waals surface area (Å²) in [5.41, 5.74) is 10.4. The van der Waals surface area contributed by atoms with Crippen molar-refractivity contribution in [1.82, 2.24) is 4.98 Å². The van der Waals surface area contributed by atoms with Crippen molar-refractivity contribution in [1.29, 1.82) is 0 Å². The van der Waals surface area contributed by atoms with Crippen LogP contribution in [0.1, 0.15) is 0 Å². The Morgan fingerprint density at radius 3 is 1.30 bits per heavy atom. The largest absolute Gasteiger partial charge is 0.310 e. The molecule has 2 nitrogen and oxygen atoms in total. The van der Waals surface area contributed by atoms with Crippen LogP contribution in [0.25, 0.3) is 33.5 Å². The number of benzene rings is 7. The lowest BCUT2D eigenvalue weighted by Crippen LogP contribution is -2.72. The number of hydrogen-bond acceptors (Lipinski definition) is 2. The van der Waals surface area contributed by atoms with Gasteiger partial charge in [-0.2, -0.15) is 0 Å². The summed E-state index contributed by atoms with van der Waals surface area (Å²) in [5, 5.41) is 5.43. The van der Waals surface area contributed by atoms with Crippen molar-refractivity contribution < 1.29 is 0 Å². The van der Waals surface area contributed by atoms with Gasteiger partial charge in [-0.05, 0) is 79.4 Å². The molecule has 0 amide bonds. The van der Waals surface area contributed by atoms with E-state index in [4.69, 9.17) is 4.98 Å². The van der Waals surface area contributed by atoms with E-state index >= 15 is 0 Å². The molecule has 0 atom stereocenters. The summed E-state index contributed by atoms with van der Waals surface area (Å²) < 4.78 is 0. The molecule has 0 fully saturated rings. The highest BCUT2D eigenvalue weighted by Crippen LogP contribution is 2.43. The molecule has 7 aromatic carbocycles. The number of fused-ring (bicyclic) bond motifs is 3. The van der Waals surface area contributed by atoms with E-state index in [0.717, 1.165) is 22.8 Å². The van der Waals surface area contributed by atoms with E-state index in [9.17, 15) is 0 Å². The van der Waals surface area contributed by atoms with Gasteiger partial charge in [-0.1, -0.05) is 164 Å². The molecule has 0 radical (unpaired) electrons. The summed E-state index contributed by atoms with van der Waals surface area (Å²) in [7, 11) is -2.70. The van der Waals surface area contributed by atoms with Crippen molar-refractivity contribution in [3.8, 4) is 33.5 Å². The second-order valence-corrected chi connectivity index (χ2v) is 16.5. The highest BCUT2D eigenvalue weighted by atomic mass is 28.3. The van der Waals surface area contributed by atoms with Crippen molar-refractivity contribution in [2.45, 2.75) is 0 Å². The Balaban J connectivity index is 1.29. The molecule has 1 aliphatic rings. The molecule has 9 rings (SSSR count). The van der Waals surface area contributed by atoms with Gasteiger partial charge in [-0.25, -0.2) is 0 Å². The lowest BCUT2D eigenvalue weighted by atomic mass is 10.0. The van der Waals surface area contributed by atoms with Crippen molar-refractivity contribution in [2.24, 2.45) is 0 Å². The Hall–Kier alpha value is -6.29. The molecule has 8 aromatic rings.